The molecule has 0 saturated heterocycles. The summed E-state index contributed by atoms with van der Waals surface area (Å²) in [4.78, 5) is 2.44. The van der Waals surface area contributed by atoms with E-state index < -0.39 is 17.0 Å². The van der Waals surface area contributed by atoms with Crippen LogP contribution in [0, 0.1) is 11.6 Å². The number of hydrogen-bond acceptors (Lipinski definition) is 1. The molecule has 3 rings (SSSR count). The van der Waals surface area contributed by atoms with Crippen LogP contribution in [-0.2, 0) is 12.8 Å². The van der Waals surface area contributed by atoms with Crippen molar-refractivity contribution < 1.29 is 8.78 Å². The van der Waals surface area contributed by atoms with E-state index in [-0.39, 0.29) is 0 Å². The third-order valence-corrected chi connectivity index (χ3v) is 5.67. The molecule has 1 unspecified atom stereocenters. The highest BCUT2D eigenvalue weighted by atomic mass is 35.5. The molecule has 1 aromatic carbocycles. The van der Waals surface area contributed by atoms with E-state index in [9.17, 15) is 8.78 Å². The van der Waals surface area contributed by atoms with Gasteiger partial charge in [-0.15, -0.1) is 22.9 Å². The van der Waals surface area contributed by atoms with Crippen LogP contribution in [0.5, 0.6) is 0 Å². The zero-order valence-corrected chi connectivity index (χ0v) is 12.5. The van der Waals surface area contributed by atoms with E-state index in [4.69, 9.17) is 11.6 Å². The summed E-state index contributed by atoms with van der Waals surface area (Å²) >= 11 is 8.15. The van der Waals surface area contributed by atoms with Crippen molar-refractivity contribution >= 4 is 22.9 Å². The van der Waals surface area contributed by atoms with E-state index in [0.29, 0.717) is 5.56 Å². The maximum Gasteiger partial charge on any atom is 0.159 e. The molecule has 106 valence electrons. The van der Waals surface area contributed by atoms with Gasteiger partial charge in [0.25, 0.3) is 0 Å². The van der Waals surface area contributed by atoms with Gasteiger partial charge in [0.15, 0.2) is 11.6 Å². The van der Waals surface area contributed by atoms with Crippen LogP contribution >= 0.6 is 22.9 Å². The molecule has 1 aliphatic rings. The third-order valence-electron chi connectivity index (χ3n) is 3.75. The molecule has 1 atom stereocenters. The van der Waals surface area contributed by atoms with E-state index in [1.54, 1.807) is 17.4 Å². The Morgan fingerprint density at radius 3 is 2.60 bits per heavy atom. The summed E-state index contributed by atoms with van der Waals surface area (Å²) in [6.07, 6.45) is 5.95. The molecule has 2 aromatic rings. The van der Waals surface area contributed by atoms with Crippen molar-refractivity contribution in [2.45, 2.75) is 37.5 Å². The molecule has 0 N–H and O–H groups in total. The van der Waals surface area contributed by atoms with Crippen molar-refractivity contribution in [1.29, 1.82) is 0 Å². The number of aryl methyl sites for hydroxylation is 2. The van der Waals surface area contributed by atoms with E-state index in [1.807, 2.05) is 0 Å². The summed E-state index contributed by atoms with van der Waals surface area (Å²) in [6.45, 7) is 0. The van der Waals surface area contributed by atoms with Crippen LogP contribution in [0.2, 0.25) is 0 Å². The first-order chi connectivity index (χ1) is 9.65. The second-order valence-electron chi connectivity index (χ2n) is 5.19. The molecule has 0 aliphatic heterocycles. The highest BCUT2D eigenvalue weighted by Crippen LogP contribution is 2.38. The van der Waals surface area contributed by atoms with Crippen LogP contribution in [-0.4, -0.2) is 0 Å². The number of thiophene rings is 1. The number of hydrogen-bond donors (Lipinski definition) is 0. The Morgan fingerprint density at radius 1 is 1.00 bits per heavy atom. The Bertz CT molecular complexity index is 597. The minimum Gasteiger partial charge on any atom is -0.204 e. The van der Waals surface area contributed by atoms with Gasteiger partial charge in [0.2, 0.25) is 0 Å². The Kier molecular flexibility index (Phi) is 4.08. The SMILES string of the molecule is Fc1ccc(C(Cl)c2cc3c(s2)CCCCC3)cc1F. The van der Waals surface area contributed by atoms with Crippen molar-refractivity contribution in [3.05, 3.63) is 56.8 Å². The molecule has 0 spiro atoms. The molecule has 0 amide bonds. The topological polar surface area (TPSA) is 0 Å². The number of benzene rings is 1. The first kappa shape index (κ1) is 14.0. The molecule has 0 nitrogen and oxygen atoms in total. The Labute approximate surface area is 126 Å². The van der Waals surface area contributed by atoms with Gasteiger partial charge in [-0.3, -0.25) is 0 Å². The van der Waals surface area contributed by atoms with E-state index >= 15 is 0 Å². The first-order valence-electron chi connectivity index (χ1n) is 6.85. The van der Waals surface area contributed by atoms with Gasteiger partial charge >= 0.3 is 0 Å². The Balaban J connectivity index is 1.90. The molecule has 0 bridgehead atoms. The molecule has 0 radical (unpaired) electrons. The van der Waals surface area contributed by atoms with Crippen LogP contribution in [0.15, 0.2) is 24.3 Å². The number of rotatable bonds is 2. The summed E-state index contributed by atoms with van der Waals surface area (Å²) in [5.41, 5.74) is 2.00. The summed E-state index contributed by atoms with van der Waals surface area (Å²) in [5.74, 6) is -1.68. The predicted octanol–water partition coefficient (Wildman–Crippen LogP) is 5.62. The minimum atomic E-state index is -0.841. The molecule has 20 heavy (non-hydrogen) atoms. The van der Waals surface area contributed by atoms with Crippen LogP contribution in [0.4, 0.5) is 8.78 Å². The fourth-order valence-electron chi connectivity index (χ4n) is 2.65. The van der Waals surface area contributed by atoms with Gasteiger partial charge in [-0.2, -0.15) is 0 Å². The van der Waals surface area contributed by atoms with E-state index in [0.717, 1.165) is 23.8 Å². The molecule has 0 fully saturated rings. The molecule has 0 saturated carbocycles. The molecule has 1 aliphatic carbocycles. The number of alkyl halides is 1. The van der Waals surface area contributed by atoms with E-state index in [2.05, 4.69) is 6.07 Å². The zero-order chi connectivity index (χ0) is 14.1. The van der Waals surface area contributed by atoms with Gasteiger partial charge < -0.3 is 0 Å². The van der Waals surface area contributed by atoms with Crippen molar-refractivity contribution in [1.82, 2.24) is 0 Å². The standard InChI is InChI=1S/C16H15ClF2S/c17-16(11-6-7-12(18)13(19)8-11)15-9-10-4-2-1-3-5-14(10)20-15/h6-9,16H,1-5H2. The zero-order valence-electron chi connectivity index (χ0n) is 11.0. The third kappa shape index (κ3) is 2.75. The largest absolute Gasteiger partial charge is 0.204 e. The lowest BCUT2D eigenvalue weighted by Gasteiger charge is -2.08. The van der Waals surface area contributed by atoms with Crippen molar-refractivity contribution in [3.63, 3.8) is 0 Å². The summed E-state index contributed by atoms with van der Waals surface area (Å²) in [7, 11) is 0. The second kappa shape index (κ2) is 5.82. The van der Waals surface area contributed by atoms with Crippen molar-refractivity contribution in [2.24, 2.45) is 0 Å². The lowest BCUT2D eigenvalue weighted by Crippen LogP contribution is -1.93. The summed E-state index contributed by atoms with van der Waals surface area (Å²) in [5, 5.41) is -0.401. The monoisotopic (exact) mass is 312 g/mol. The molecular formula is C16H15ClF2S. The molecule has 1 heterocycles. The Morgan fingerprint density at radius 2 is 1.80 bits per heavy atom. The first-order valence-corrected chi connectivity index (χ1v) is 8.11. The van der Waals surface area contributed by atoms with Gasteiger partial charge in [-0.05, 0) is 55.0 Å². The average Bonchev–Trinajstić information content (AvgIpc) is 2.72. The summed E-state index contributed by atoms with van der Waals surface area (Å²) < 4.78 is 26.3. The smallest absolute Gasteiger partial charge is 0.159 e. The second-order valence-corrected chi connectivity index (χ2v) is 6.80. The molecule has 4 heteroatoms. The fourth-order valence-corrected chi connectivity index (χ4v) is 4.25. The van der Waals surface area contributed by atoms with Crippen LogP contribution in [0.1, 0.15) is 45.5 Å². The maximum absolute atomic E-state index is 13.3. The lowest BCUT2D eigenvalue weighted by atomic mass is 10.1. The quantitative estimate of drug-likeness (QED) is 0.498. The predicted molar refractivity (Wildman–Crippen MR) is 79.6 cm³/mol. The minimum absolute atomic E-state index is 0.401. The van der Waals surface area contributed by atoms with Crippen LogP contribution in [0.3, 0.4) is 0 Å². The van der Waals surface area contributed by atoms with Gasteiger partial charge in [0.1, 0.15) is 0 Å². The maximum atomic E-state index is 13.3. The van der Waals surface area contributed by atoms with Gasteiger partial charge in [-0.25, -0.2) is 8.78 Å². The van der Waals surface area contributed by atoms with Crippen molar-refractivity contribution in [2.75, 3.05) is 0 Å². The van der Waals surface area contributed by atoms with Gasteiger partial charge in [0, 0.05) is 9.75 Å². The Hall–Kier alpha value is -0.930. The summed E-state index contributed by atoms with van der Waals surface area (Å²) in [6, 6.07) is 6.03. The lowest BCUT2D eigenvalue weighted by molar-refractivity contribution is 0.507. The number of halogens is 3. The normalized spacial score (nSPS) is 16.6. The molecule has 1 aromatic heterocycles. The fraction of sp³-hybridized carbons (Fsp3) is 0.375. The average molecular weight is 313 g/mol. The van der Waals surface area contributed by atoms with Crippen molar-refractivity contribution in [3.8, 4) is 0 Å². The number of fused-ring (bicyclic) bond motifs is 1. The van der Waals surface area contributed by atoms with Crippen LogP contribution < -0.4 is 0 Å². The van der Waals surface area contributed by atoms with Gasteiger partial charge in [-0.1, -0.05) is 12.5 Å². The van der Waals surface area contributed by atoms with E-state index in [1.165, 1.54) is 35.8 Å². The van der Waals surface area contributed by atoms with Gasteiger partial charge in [0.05, 0.1) is 5.38 Å². The highest BCUT2D eigenvalue weighted by molar-refractivity contribution is 7.12. The van der Waals surface area contributed by atoms with Crippen LogP contribution in [0.25, 0.3) is 0 Å². The molecular weight excluding hydrogens is 298 g/mol. The highest BCUT2D eigenvalue weighted by Gasteiger charge is 2.19.